The monoisotopic (exact) mass is 491 g/mol. The molecule has 184 valence electrons. The molecule has 0 aliphatic rings. The number of hydrogen-bond donors (Lipinski definition) is 3. The number of rotatable bonds is 8. The second-order valence-corrected chi connectivity index (χ2v) is 8.56. The van der Waals surface area contributed by atoms with Crippen LogP contribution in [0.15, 0.2) is 97.1 Å². The van der Waals surface area contributed by atoms with Crippen molar-refractivity contribution in [1.82, 2.24) is 9.97 Å². The van der Waals surface area contributed by atoms with Gasteiger partial charge in [-0.1, -0.05) is 18.2 Å². The summed E-state index contributed by atoms with van der Waals surface area (Å²) >= 11 is 0. The summed E-state index contributed by atoms with van der Waals surface area (Å²) in [5.74, 6) is 1.54. The van der Waals surface area contributed by atoms with E-state index in [0.29, 0.717) is 17.5 Å². The summed E-state index contributed by atoms with van der Waals surface area (Å²) in [7, 11) is 3.95. The van der Waals surface area contributed by atoms with Crippen LogP contribution < -0.4 is 20.3 Å². The lowest BCUT2D eigenvalue weighted by Gasteiger charge is -2.16. The standard InChI is InChI=1S/C29H25N5O3/c1-34(2)22-14-17-26-25(18-22)27(30-20-10-8-19(9-11-20)28(35)36)33-29(32-26)31-21-12-15-24(16-13-21)37-23-6-4-3-5-7-23/h3-18H,1-2H3,(H,35,36)(H2,30,31,32,33). The average Bonchev–Trinajstić information content (AvgIpc) is 2.90. The van der Waals surface area contributed by atoms with Gasteiger partial charge in [-0.05, 0) is 78.9 Å². The Labute approximate surface area is 214 Å². The molecule has 0 fully saturated rings. The van der Waals surface area contributed by atoms with Gasteiger partial charge in [0.05, 0.1) is 11.1 Å². The van der Waals surface area contributed by atoms with Crippen molar-refractivity contribution in [3.8, 4) is 11.5 Å². The third-order valence-electron chi connectivity index (χ3n) is 5.68. The zero-order chi connectivity index (χ0) is 25.8. The number of anilines is 5. The van der Waals surface area contributed by atoms with E-state index in [1.165, 1.54) is 0 Å². The van der Waals surface area contributed by atoms with Crippen molar-refractivity contribution in [2.45, 2.75) is 0 Å². The molecule has 0 atom stereocenters. The van der Waals surface area contributed by atoms with Crippen LogP contribution in [0.4, 0.5) is 28.8 Å². The Kier molecular flexibility index (Phi) is 6.54. The SMILES string of the molecule is CN(C)c1ccc2nc(Nc3ccc(Oc4ccccc4)cc3)nc(Nc3ccc(C(=O)O)cc3)c2c1. The first kappa shape index (κ1) is 23.6. The van der Waals surface area contributed by atoms with Gasteiger partial charge in [-0.25, -0.2) is 9.78 Å². The minimum absolute atomic E-state index is 0.218. The Hall–Kier alpha value is -5.11. The van der Waals surface area contributed by atoms with Gasteiger partial charge in [0.1, 0.15) is 17.3 Å². The molecule has 1 heterocycles. The number of nitrogens with one attached hydrogen (secondary N) is 2. The molecule has 0 bridgehead atoms. The van der Waals surface area contributed by atoms with Crippen molar-refractivity contribution < 1.29 is 14.6 Å². The Balaban J connectivity index is 1.44. The number of nitrogens with zero attached hydrogens (tertiary/aromatic N) is 3. The third kappa shape index (κ3) is 5.59. The van der Waals surface area contributed by atoms with Crippen molar-refractivity contribution in [3.63, 3.8) is 0 Å². The first-order valence-electron chi connectivity index (χ1n) is 11.6. The molecule has 0 saturated carbocycles. The van der Waals surface area contributed by atoms with Crippen molar-refractivity contribution in [2.75, 3.05) is 29.6 Å². The third-order valence-corrected chi connectivity index (χ3v) is 5.68. The van der Waals surface area contributed by atoms with Gasteiger partial charge in [-0.15, -0.1) is 0 Å². The number of carboxylic acid groups (broad SMARTS) is 1. The molecule has 8 heteroatoms. The highest BCUT2D eigenvalue weighted by molar-refractivity contribution is 5.94. The number of hydrogen-bond acceptors (Lipinski definition) is 7. The Bertz CT molecular complexity index is 1540. The number of fused-ring (bicyclic) bond motifs is 1. The van der Waals surface area contributed by atoms with Crippen LogP contribution in [0.3, 0.4) is 0 Å². The molecular weight excluding hydrogens is 466 g/mol. The smallest absolute Gasteiger partial charge is 0.335 e. The van der Waals surface area contributed by atoms with Crippen LogP contribution >= 0.6 is 0 Å². The van der Waals surface area contributed by atoms with Crippen LogP contribution in [0.25, 0.3) is 10.9 Å². The first-order valence-corrected chi connectivity index (χ1v) is 11.6. The van der Waals surface area contributed by atoms with E-state index in [2.05, 4.69) is 10.6 Å². The van der Waals surface area contributed by atoms with E-state index < -0.39 is 5.97 Å². The van der Waals surface area contributed by atoms with Crippen LogP contribution in [0.1, 0.15) is 10.4 Å². The molecule has 0 amide bonds. The molecule has 0 saturated heterocycles. The van der Waals surface area contributed by atoms with Gasteiger partial charge in [0.25, 0.3) is 0 Å². The lowest BCUT2D eigenvalue weighted by atomic mass is 10.2. The fourth-order valence-corrected chi connectivity index (χ4v) is 3.74. The van der Waals surface area contributed by atoms with Crippen molar-refractivity contribution in [1.29, 1.82) is 0 Å². The zero-order valence-electron chi connectivity index (χ0n) is 20.3. The number of aromatic carboxylic acids is 1. The molecule has 0 aliphatic carbocycles. The lowest BCUT2D eigenvalue weighted by Crippen LogP contribution is -2.09. The molecule has 1 aromatic heterocycles. The van der Waals surface area contributed by atoms with E-state index in [-0.39, 0.29) is 5.56 Å². The predicted octanol–water partition coefficient (Wildman–Crippen LogP) is 6.67. The minimum Gasteiger partial charge on any atom is -0.478 e. The number of aromatic nitrogens is 2. The summed E-state index contributed by atoms with van der Waals surface area (Å²) in [6.45, 7) is 0. The Morgan fingerprint density at radius 2 is 1.43 bits per heavy atom. The molecule has 0 aliphatic heterocycles. The van der Waals surface area contributed by atoms with E-state index in [0.717, 1.165) is 33.8 Å². The van der Waals surface area contributed by atoms with Crippen molar-refractivity contribution in [3.05, 3.63) is 103 Å². The van der Waals surface area contributed by atoms with Crippen LogP contribution in [-0.4, -0.2) is 35.1 Å². The van der Waals surface area contributed by atoms with Gasteiger partial charge in [-0.3, -0.25) is 0 Å². The topological polar surface area (TPSA) is 99.6 Å². The van der Waals surface area contributed by atoms with E-state index in [9.17, 15) is 9.90 Å². The number of ether oxygens (including phenoxy) is 1. The molecule has 0 radical (unpaired) electrons. The molecule has 4 aromatic carbocycles. The number of carboxylic acids is 1. The first-order chi connectivity index (χ1) is 17.9. The maximum Gasteiger partial charge on any atom is 0.335 e. The highest BCUT2D eigenvalue weighted by Crippen LogP contribution is 2.30. The number of carbonyl (C=O) groups is 1. The summed E-state index contributed by atoms with van der Waals surface area (Å²) in [5, 5.41) is 16.6. The Morgan fingerprint density at radius 1 is 0.784 bits per heavy atom. The molecular formula is C29H25N5O3. The molecule has 0 unspecified atom stereocenters. The van der Waals surface area contributed by atoms with Crippen LogP contribution in [0, 0.1) is 0 Å². The fraction of sp³-hybridized carbons (Fsp3) is 0.0690. The van der Waals surface area contributed by atoms with Gasteiger partial charge in [0, 0.05) is 36.5 Å². The lowest BCUT2D eigenvalue weighted by molar-refractivity contribution is 0.0697. The fourth-order valence-electron chi connectivity index (χ4n) is 3.74. The van der Waals surface area contributed by atoms with Crippen LogP contribution in [0.2, 0.25) is 0 Å². The molecule has 8 nitrogen and oxygen atoms in total. The maximum atomic E-state index is 11.2. The van der Waals surface area contributed by atoms with Crippen molar-refractivity contribution in [2.24, 2.45) is 0 Å². The van der Waals surface area contributed by atoms with Gasteiger partial charge in [0.2, 0.25) is 5.95 Å². The van der Waals surface area contributed by atoms with E-state index in [1.54, 1.807) is 24.3 Å². The Morgan fingerprint density at radius 3 is 2.11 bits per heavy atom. The maximum absolute atomic E-state index is 11.2. The van der Waals surface area contributed by atoms with Crippen molar-refractivity contribution >= 4 is 45.7 Å². The van der Waals surface area contributed by atoms with Gasteiger partial charge < -0.3 is 25.4 Å². The summed E-state index contributed by atoms with van der Waals surface area (Å²) < 4.78 is 5.87. The van der Waals surface area contributed by atoms with Gasteiger partial charge in [-0.2, -0.15) is 4.98 Å². The highest BCUT2D eigenvalue weighted by atomic mass is 16.5. The van der Waals surface area contributed by atoms with E-state index in [4.69, 9.17) is 14.7 Å². The number of benzene rings is 4. The molecule has 5 rings (SSSR count). The van der Waals surface area contributed by atoms with E-state index >= 15 is 0 Å². The molecule has 3 N–H and O–H groups in total. The largest absolute Gasteiger partial charge is 0.478 e. The van der Waals surface area contributed by atoms with Crippen LogP contribution in [0.5, 0.6) is 11.5 Å². The summed E-state index contributed by atoms with van der Waals surface area (Å²) in [5.41, 5.74) is 3.51. The second kappa shape index (κ2) is 10.2. The summed E-state index contributed by atoms with van der Waals surface area (Å²) in [6.07, 6.45) is 0. The van der Waals surface area contributed by atoms with E-state index in [1.807, 2.05) is 91.8 Å². The molecule has 0 spiro atoms. The average molecular weight is 492 g/mol. The predicted molar refractivity (Wildman–Crippen MR) is 147 cm³/mol. The van der Waals surface area contributed by atoms with Crippen LogP contribution in [-0.2, 0) is 0 Å². The number of para-hydroxylation sites is 1. The molecule has 37 heavy (non-hydrogen) atoms. The molecule has 5 aromatic rings. The zero-order valence-corrected chi connectivity index (χ0v) is 20.3. The summed E-state index contributed by atoms with van der Waals surface area (Å²) in [6, 6.07) is 29.7. The quantitative estimate of drug-likeness (QED) is 0.221. The summed E-state index contributed by atoms with van der Waals surface area (Å²) in [4.78, 5) is 22.7. The highest BCUT2D eigenvalue weighted by Gasteiger charge is 2.11. The second-order valence-electron chi connectivity index (χ2n) is 8.56. The normalized spacial score (nSPS) is 10.6. The minimum atomic E-state index is -0.971. The van der Waals surface area contributed by atoms with Gasteiger partial charge in [0.15, 0.2) is 0 Å². The van der Waals surface area contributed by atoms with Gasteiger partial charge >= 0.3 is 5.97 Å².